The Balaban J connectivity index is 0.00000141. The Kier molecular flexibility index (Phi) is 17.7. The van der Waals surface area contributed by atoms with Crippen LogP contribution in [-0.2, 0) is 38.1 Å². The molecule has 2 aliphatic heterocycles. The molecule has 0 aromatic heterocycles. The first-order valence-corrected chi connectivity index (χ1v) is 19.2. The van der Waals surface area contributed by atoms with Gasteiger partial charge in [-0.1, -0.05) is 58.4 Å². The monoisotopic (exact) mass is 767 g/mol. The summed E-state index contributed by atoms with van der Waals surface area (Å²) < 4.78 is 22.6. The zero-order valence-corrected chi connectivity index (χ0v) is 31.0. The molecule has 8 nitrogen and oxygen atoms in total. The fourth-order valence-electron chi connectivity index (χ4n) is 12.3. The molecule has 318 valence electrons. The third-order valence-corrected chi connectivity index (χ3v) is 14.8. The molecule has 2 heterocycles. The van der Waals surface area contributed by atoms with Gasteiger partial charge in [0.05, 0.1) is 35.9 Å². The van der Waals surface area contributed by atoms with Crippen molar-refractivity contribution in [3.63, 3.8) is 0 Å². The van der Waals surface area contributed by atoms with Crippen molar-refractivity contribution in [2.75, 3.05) is 13.7 Å². The molecule has 54 heavy (non-hydrogen) atoms. The molecule has 0 radical (unpaired) electrons. The standard InChI is InChI=1S/C31H50O6.C9H12O2.6CH4/c1-9-28(5,25(33)37-31(10-2)22-14-20-13-21(16-22)17-23(31)15-20)19-30(7,24(32)35-8)12-11-29(6)18-27(3,4)36-26(29)34;10-9-8-6-2-1-5(3-6)7(8)4-11-9;;;;;;/h20-23H,9-19H2,1-8H3;5-8H,1-4H2;6*1H4. The van der Waals surface area contributed by atoms with Crippen molar-refractivity contribution in [1.82, 2.24) is 0 Å². The molecule has 7 atom stereocenters. The lowest BCUT2D eigenvalue weighted by atomic mass is 9.49. The number of cyclic esters (lactones) is 2. The minimum atomic E-state index is -0.919. The van der Waals surface area contributed by atoms with Gasteiger partial charge in [0.2, 0.25) is 0 Å². The molecule has 8 rings (SSSR count). The summed E-state index contributed by atoms with van der Waals surface area (Å²) in [5, 5.41) is 0. The summed E-state index contributed by atoms with van der Waals surface area (Å²) in [4.78, 5) is 51.2. The SMILES string of the molecule is C.C.C.C.C.C.CCC(C)(CC(C)(CCC1(C)CC(C)(C)OC1=O)C(=O)OC)C(=O)OC1(CC)C2CC3CC(C2)CC1C3.O=C1OCC2C3CCC(C3)C12. The molecule has 8 heteroatoms. The van der Waals surface area contributed by atoms with E-state index in [4.69, 9.17) is 18.9 Å². The molecule has 0 aromatic rings. The first kappa shape index (κ1) is 51.9. The highest BCUT2D eigenvalue weighted by atomic mass is 16.6. The number of carbonyl (C=O) groups excluding carboxylic acids is 4. The molecular formula is C46H86O8. The van der Waals surface area contributed by atoms with Gasteiger partial charge in [-0.15, -0.1) is 0 Å². The van der Waals surface area contributed by atoms with E-state index < -0.39 is 21.8 Å². The van der Waals surface area contributed by atoms with Crippen molar-refractivity contribution < 1.29 is 38.1 Å². The second-order valence-electron chi connectivity index (χ2n) is 18.7. The fraction of sp³-hybridized carbons (Fsp3) is 0.913. The second-order valence-corrected chi connectivity index (χ2v) is 18.7. The van der Waals surface area contributed by atoms with Crippen LogP contribution in [0.1, 0.15) is 183 Å². The minimum Gasteiger partial charge on any atom is -0.469 e. The Morgan fingerprint density at radius 3 is 1.81 bits per heavy atom. The molecule has 0 N–H and O–H groups in total. The number of hydrogen-bond donors (Lipinski definition) is 0. The van der Waals surface area contributed by atoms with Crippen LogP contribution >= 0.6 is 0 Å². The minimum absolute atomic E-state index is 0. The van der Waals surface area contributed by atoms with Crippen LogP contribution in [0.2, 0.25) is 0 Å². The highest BCUT2D eigenvalue weighted by molar-refractivity contribution is 5.82. The van der Waals surface area contributed by atoms with Gasteiger partial charge in [0.25, 0.3) is 0 Å². The third-order valence-electron chi connectivity index (χ3n) is 14.8. The number of hydrogen-bond acceptors (Lipinski definition) is 8. The second kappa shape index (κ2) is 18.4. The average Bonchev–Trinajstić information content (AvgIpc) is 3.80. The summed E-state index contributed by atoms with van der Waals surface area (Å²) in [5.74, 6) is 4.35. The van der Waals surface area contributed by atoms with Crippen molar-refractivity contribution in [2.24, 2.45) is 63.6 Å². The van der Waals surface area contributed by atoms with Crippen LogP contribution in [-0.4, -0.2) is 48.8 Å². The van der Waals surface area contributed by atoms with E-state index in [2.05, 4.69) is 6.92 Å². The number of rotatable bonds is 10. The van der Waals surface area contributed by atoms with E-state index >= 15 is 0 Å². The number of fused-ring (bicyclic) bond motifs is 5. The molecule has 6 saturated carbocycles. The van der Waals surface area contributed by atoms with Gasteiger partial charge in [0.1, 0.15) is 11.2 Å². The molecule has 7 unspecified atom stereocenters. The van der Waals surface area contributed by atoms with Crippen LogP contribution in [0.25, 0.3) is 0 Å². The van der Waals surface area contributed by atoms with Gasteiger partial charge < -0.3 is 18.9 Å². The number of methoxy groups -OCH3 is 1. The Morgan fingerprint density at radius 2 is 1.35 bits per heavy atom. The van der Waals surface area contributed by atoms with Gasteiger partial charge in [-0.2, -0.15) is 0 Å². The zero-order chi connectivity index (χ0) is 34.9. The summed E-state index contributed by atoms with van der Waals surface area (Å²) in [6, 6.07) is 0. The molecule has 6 bridgehead atoms. The quantitative estimate of drug-likeness (QED) is 0.160. The predicted molar refractivity (Wildman–Crippen MR) is 221 cm³/mol. The maximum absolute atomic E-state index is 14.1. The molecule has 8 aliphatic rings. The van der Waals surface area contributed by atoms with E-state index in [0.29, 0.717) is 61.7 Å². The highest BCUT2D eigenvalue weighted by Gasteiger charge is 2.60. The van der Waals surface area contributed by atoms with Crippen LogP contribution in [0.3, 0.4) is 0 Å². The Bertz CT molecular complexity index is 1260. The van der Waals surface area contributed by atoms with E-state index in [0.717, 1.165) is 30.8 Å². The topological polar surface area (TPSA) is 105 Å². The molecule has 0 amide bonds. The first-order valence-electron chi connectivity index (χ1n) is 19.2. The Labute approximate surface area is 332 Å². The zero-order valence-electron chi connectivity index (χ0n) is 31.0. The van der Waals surface area contributed by atoms with Crippen molar-refractivity contribution in [1.29, 1.82) is 0 Å². The highest BCUT2D eigenvalue weighted by Crippen LogP contribution is 2.61. The lowest BCUT2D eigenvalue weighted by molar-refractivity contribution is -0.220. The maximum atomic E-state index is 14.1. The van der Waals surface area contributed by atoms with Crippen molar-refractivity contribution in [3.8, 4) is 0 Å². The lowest BCUT2D eigenvalue weighted by Crippen LogP contribution is -2.60. The summed E-state index contributed by atoms with van der Waals surface area (Å²) in [6.07, 6.45) is 13.3. The van der Waals surface area contributed by atoms with Crippen molar-refractivity contribution >= 4 is 23.9 Å². The summed E-state index contributed by atoms with van der Waals surface area (Å²) in [7, 11) is 1.40. The van der Waals surface area contributed by atoms with Crippen molar-refractivity contribution in [3.05, 3.63) is 0 Å². The van der Waals surface area contributed by atoms with Crippen LogP contribution in [0.15, 0.2) is 0 Å². The molecule has 0 aromatic carbocycles. The summed E-state index contributed by atoms with van der Waals surface area (Å²) in [6.45, 7) is 14.5. The van der Waals surface area contributed by atoms with E-state index in [9.17, 15) is 19.2 Å². The number of carbonyl (C=O) groups is 4. The Hall–Kier alpha value is -2.12. The molecule has 8 fully saturated rings. The van der Waals surface area contributed by atoms with Crippen LogP contribution in [0.4, 0.5) is 0 Å². The summed E-state index contributed by atoms with van der Waals surface area (Å²) in [5.41, 5.74) is -3.28. The maximum Gasteiger partial charge on any atom is 0.312 e. The number of esters is 4. The largest absolute Gasteiger partial charge is 0.469 e. The molecule has 2 saturated heterocycles. The van der Waals surface area contributed by atoms with E-state index in [1.54, 1.807) is 0 Å². The Morgan fingerprint density at radius 1 is 0.796 bits per heavy atom. The molecular weight excluding hydrogens is 680 g/mol. The predicted octanol–water partition coefficient (Wildman–Crippen LogP) is 11.7. The van der Waals surface area contributed by atoms with Gasteiger partial charge in [0, 0.05) is 12.3 Å². The van der Waals surface area contributed by atoms with Crippen LogP contribution < -0.4 is 0 Å². The van der Waals surface area contributed by atoms with Gasteiger partial charge in [-0.05, 0) is 154 Å². The van der Waals surface area contributed by atoms with Crippen molar-refractivity contribution in [2.45, 2.75) is 194 Å². The smallest absolute Gasteiger partial charge is 0.312 e. The number of ether oxygens (including phenoxy) is 4. The molecule has 6 aliphatic carbocycles. The first-order chi connectivity index (χ1) is 22.5. The normalized spacial score (nSPS) is 37.5. The van der Waals surface area contributed by atoms with Crippen LogP contribution in [0, 0.1) is 63.6 Å². The molecule has 0 spiro atoms. The van der Waals surface area contributed by atoms with Gasteiger partial charge >= 0.3 is 23.9 Å². The van der Waals surface area contributed by atoms with E-state index in [1.807, 2.05) is 41.5 Å². The summed E-state index contributed by atoms with van der Waals surface area (Å²) >= 11 is 0. The van der Waals surface area contributed by atoms with E-state index in [1.165, 1.54) is 58.5 Å². The lowest BCUT2D eigenvalue weighted by Gasteiger charge is -2.60. The van der Waals surface area contributed by atoms with Gasteiger partial charge in [0.15, 0.2) is 0 Å². The van der Waals surface area contributed by atoms with Gasteiger partial charge in [-0.25, -0.2) is 0 Å². The fourth-order valence-corrected chi connectivity index (χ4v) is 12.3. The van der Waals surface area contributed by atoms with Gasteiger partial charge in [-0.3, -0.25) is 19.2 Å². The van der Waals surface area contributed by atoms with Crippen LogP contribution in [0.5, 0.6) is 0 Å². The van der Waals surface area contributed by atoms with E-state index in [-0.39, 0.29) is 74.0 Å². The average molecular weight is 767 g/mol. The third kappa shape index (κ3) is 9.03.